The Hall–Kier alpha value is -2.99. The van der Waals surface area contributed by atoms with Crippen molar-refractivity contribution in [3.63, 3.8) is 0 Å². The molecule has 0 radical (unpaired) electrons. The van der Waals surface area contributed by atoms with Crippen molar-refractivity contribution in [2.45, 2.75) is 27.2 Å². The largest absolute Gasteiger partial charge is 0.499 e. The SMILES string of the molecule is CCOC(=O)C1=CCCN(CCOC=C(c2ccc(F)cc2C)c2ccc(F)cc2C)C1. The van der Waals surface area contributed by atoms with Gasteiger partial charge in [-0.2, -0.15) is 0 Å². The maximum absolute atomic E-state index is 13.7. The Kier molecular flexibility index (Phi) is 8.17. The molecule has 2 aromatic rings. The number of hydrogen-bond acceptors (Lipinski definition) is 4. The van der Waals surface area contributed by atoms with Crippen LogP contribution in [0.25, 0.3) is 5.57 Å². The Morgan fingerprint density at radius 3 is 2.25 bits per heavy atom. The van der Waals surface area contributed by atoms with Gasteiger partial charge in [0.1, 0.15) is 18.2 Å². The third-order valence-corrected chi connectivity index (χ3v) is 5.45. The lowest BCUT2D eigenvalue weighted by Crippen LogP contribution is -2.35. The standard InChI is InChI=1S/C26H29F2NO3/c1-4-32-26(30)20-6-5-11-29(16-20)12-13-31-17-25(23-9-7-21(27)14-18(23)2)24-10-8-22(28)15-19(24)3/h6-10,14-15,17H,4-5,11-13,16H2,1-3H3. The zero-order valence-electron chi connectivity index (χ0n) is 18.8. The number of aryl methyl sites for hydroxylation is 2. The van der Waals surface area contributed by atoms with Crippen LogP contribution in [-0.2, 0) is 14.3 Å². The molecule has 0 saturated heterocycles. The molecule has 3 rings (SSSR count). The van der Waals surface area contributed by atoms with E-state index in [0.29, 0.717) is 31.9 Å². The first-order valence-corrected chi connectivity index (χ1v) is 10.8. The van der Waals surface area contributed by atoms with Crippen molar-refractivity contribution < 1.29 is 23.0 Å². The van der Waals surface area contributed by atoms with Gasteiger partial charge in [0.25, 0.3) is 0 Å². The number of carbonyl (C=O) groups is 1. The molecule has 1 aliphatic rings. The van der Waals surface area contributed by atoms with Crippen LogP contribution in [0.3, 0.4) is 0 Å². The van der Waals surface area contributed by atoms with Gasteiger partial charge in [-0.1, -0.05) is 18.2 Å². The highest BCUT2D eigenvalue weighted by molar-refractivity contribution is 5.89. The van der Waals surface area contributed by atoms with E-state index in [9.17, 15) is 13.6 Å². The molecule has 170 valence electrons. The van der Waals surface area contributed by atoms with Crippen molar-refractivity contribution in [1.82, 2.24) is 4.90 Å². The number of benzene rings is 2. The van der Waals surface area contributed by atoms with Crippen molar-refractivity contribution in [2.24, 2.45) is 0 Å². The number of nitrogens with zero attached hydrogens (tertiary/aromatic N) is 1. The van der Waals surface area contributed by atoms with Gasteiger partial charge < -0.3 is 9.47 Å². The Morgan fingerprint density at radius 1 is 1.06 bits per heavy atom. The average molecular weight is 442 g/mol. The maximum Gasteiger partial charge on any atom is 0.334 e. The summed E-state index contributed by atoms with van der Waals surface area (Å²) in [7, 11) is 0. The molecule has 1 heterocycles. The van der Waals surface area contributed by atoms with Gasteiger partial charge in [-0.15, -0.1) is 0 Å². The van der Waals surface area contributed by atoms with E-state index < -0.39 is 0 Å². The van der Waals surface area contributed by atoms with Crippen LogP contribution in [0.4, 0.5) is 8.78 Å². The van der Waals surface area contributed by atoms with Gasteiger partial charge in [0, 0.05) is 30.8 Å². The van der Waals surface area contributed by atoms with E-state index in [1.807, 2.05) is 19.9 Å². The average Bonchev–Trinajstić information content (AvgIpc) is 2.75. The van der Waals surface area contributed by atoms with E-state index in [2.05, 4.69) is 4.90 Å². The minimum Gasteiger partial charge on any atom is -0.499 e. The Morgan fingerprint density at radius 2 is 1.69 bits per heavy atom. The molecule has 0 aromatic heterocycles. The molecule has 0 aliphatic carbocycles. The van der Waals surface area contributed by atoms with Crippen molar-refractivity contribution >= 4 is 11.5 Å². The van der Waals surface area contributed by atoms with Crippen molar-refractivity contribution in [3.05, 3.63) is 88.2 Å². The molecule has 2 aromatic carbocycles. The zero-order valence-corrected chi connectivity index (χ0v) is 18.8. The third kappa shape index (κ3) is 6.04. The molecule has 0 bridgehead atoms. The monoisotopic (exact) mass is 441 g/mol. The maximum atomic E-state index is 13.7. The van der Waals surface area contributed by atoms with Crippen LogP contribution in [0.5, 0.6) is 0 Å². The van der Waals surface area contributed by atoms with Crippen LogP contribution in [0, 0.1) is 25.5 Å². The van der Waals surface area contributed by atoms with E-state index in [4.69, 9.17) is 9.47 Å². The summed E-state index contributed by atoms with van der Waals surface area (Å²) in [5.41, 5.74) is 4.63. The fraction of sp³-hybridized carbons (Fsp3) is 0.346. The molecule has 0 spiro atoms. The third-order valence-electron chi connectivity index (χ3n) is 5.45. The molecular formula is C26H29F2NO3. The van der Waals surface area contributed by atoms with Crippen molar-refractivity contribution in [1.29, 1.82) is 0 Å². The van der Waals surface area contributed by atoms with Gasteiger partial charge in [0.05, 0.1) is 12.9 Å². The van der Waals surface area contributed by atoms with Gasteiger partial charge in [0.15, 0.2) is 0 Å². The van der Waals surface area contributed by atoms with Crippen LogP contribution in [-0.4, -0.2) is 43.7 Å². The minimum atomic E-state index is -0.307. The number of esters is 1. The predicted molar refractivity (Wildman–Crippen MR) is 121 cm³/mol. The van der Waals surface area contributed by atoms with E-state index in [-0.39, 0.29) is 17.6 Å². The molecule has 32 heavy (non-hydrogen) atoms. The molecule has 0 atom stereocenters. The molecule has 0 saturated carbocycles. The first kappa shape index (κ1) is 23.7. The van der Waals surface area contributed by atoms with Crippen molar-refractivity contribution in [2.75, 3.05) is 32.8 Å². The summed E-state index contributed by atoms with van der Waals surface area (Å²) in [5.74, 6) is -0.880. The van der Waals surface area contributed by atoms with Gasteiger partial charge in [-0.3, -0.25) is 4.90 Å². The van der Waals surface area contributed by atoms with Crippen LogP contribution >= 0.6 is 0 Å². The van der Waals surface area contributed by atoms with E-state index in [1.165, 1.54) is 24.3 Å². The number of ether oxygens (including phenoxy) is 2. The minimum absolute atomic E-state index is 0.265. The molecule has 0 fully saturated rings. The van der Waals surface area contributed by atoms with Crippen LogP contribution < -0.4 is 0 Å². The number of carbonyl (C=O) groups excluding carboxylic acids is 1. The summed E-state index contributed by atoms with van der Waals surface area (Å²) in [6, 6.07) is 9.18. The lowest BCUT2D eigenvalue weighted by atomic mass is 9.92. The smallest absolute Gasteiger partial charge is 0.334 e. The molecular weight excluding hydrogens is 412 g/mol. The van der Waals surface area contributed by atoms with E-state index >= 15 is 0 Å². The Labute approximate surface area is 188 Å². The molecule has 1 aliphatic heterocycles. The Balaban J connectivity index is 1.73. The summed E-state index contributed by atoms with van der Waals surface area (Å²) in [6.45, 7) is 8.26. The number of rotatable bonds is 8. The van der Waals surface area contributed by atoms with Crippen molar-refractivity contribution in [3.8, 4) is 0 Å². The second-order valence-corrected chi connectivity index (χ2v) is 7.84. The van der Waals surface area contributed by atoms with Gasteiger partial charge >= 0.3 is 5.97 Å². The molecule has 0 amide bonds. The summed E-state index contributed by atoms with van der Waals surface area (Å²) < 4.78 is 38.3. The number of halogens is 2. The van der Waals surface area contributed by atoms with Crippen LogP contribution in [0.15, 0.2) is 54.3 Å². The molecule has 6 heteroatoms. The normalized spacial score (nSPS) is 14.0. The fourth-order valence-corrected chi connectivity index (χ4v) is 3.82. The quantitative estimate of drug-likeness (QED) is 0.321. The topological polar surface area (TPSA) is 38.8 Å². The van der Waals surface area contributed by atoms with Gasteiger partial charge in [-0.05, 0) is 73.7 Å². The van der Waals surface area contributed by atoms with E-state index in [1.54, 1.807) is 25.3 Å². The number of hydrogen-bond donors (Lipinski definition) is 0. The highest BCUT2D eigenvalue weighted by atomic mass is 19.1. The van der Waals surface area contributed by atoms with Crippen LogP contribution in [0.2, 0.25) is 0 Å². The second-order valence-electron chi connectivity index (χ2n) is 7.84. The predicted octanol–water partition coefficient (Wildman–Crippen LogP) is 5.18. The zero-order chi connectivity index (χ0) is 23.1. The summed E-state index contributed by atoms with van der Waals surface area (Å²) in [4.78, 5) is 14.1. The second kappa shape index (κ2) is 11.0. The lowest BCUT2D eigenvalue weighted by molar-refractivity contribution is -0.138. The Bertz CT molecular complexity index is 976. The lowest BCUT2D eigenvalue weighted by Gasteiger charge is -2.26. The van der Waals surface area contributed by atoms with Gasteiger partial charge in [0.2, 0.25) is 0 Å². The van der Waals surface area contributed by atoms with E-state index in [0.717, 1.165) is 40.8 Å². The van der Waals surface area contributed by atoms with Crippen LogP contribution in [0.1, 0.15) is 35.6 Å². The first-order valence-electron chi connectivity index (χ1n) is 10.8. The highest BCUT2D eigenvalue weighted by Crippen LogP contribution is 2.29. The first-order chi connectivity index (χ1) is 15.4. The fourth-order valence-electron chi connectivity index (χ4n) is 3.82. The molecule has 4 nitrogen and oxygen atoms in total. The molecule has 0 unspecified atom stereocenters. The summed E-state index contributed by atoms with van der Waals surface area (Å²) >= 11 is 0. The summed E-state index contributed by atoms with van der Waals surface area (Å²) in [6.07, 6.45) is 4.38. The van der Waals surface area contributed by atoms with Gasteiger partial charge in [-0.25, -0.2) is 13.6 Å². The summed E-state index contributed by atoms with van der Waals surface area (Å²) in [5, 5.41) is 0. The molecule has 0 N–H and O–H groups in total. The highest BCUT2D eigenvalue weighted by Gasteiger charge is 2.19.